The van der Waals surface area contributed by atoms with Crippen LogP contribution in [0.1, 0.15) is 24.8 Å². The van der Waals surface area contributed by atoms with E-state index in [4.69, 9.17) is 5.73 Å². The van der Waals surface area contributed by atoms with Crippen molar-refractivity contribution < 1.29 is 17.9 Å². The number of benzene rings is 1. The fourth-order valence-corrected chi connectivity index (χ4v) is 2.10. The monoisotopic (exact) mass is 245 g/mol. The molecule has 17 heavy (non-hydrogen) atoms. The summed E-state index contributed by atoms with van der Waals surface area (Å²) in [5, 5.41) is 0. The third kappa shape index (κ3) is 3.12. The largest absolute Gasteiger partial charge is 0.573 e. The van der Waals surface area contributed by atoms with Crippen molar-refractivity contribution in [3.8, 4) is 5.75 Å². The van der Waals surface area contributed by atoms with Crippen molar-refractivity contribution in [3.05, 3.63) is 29.8 Å². The van der Waals surface area contributed by atoms with Crippen LogP contribution in [0.3, 0.4) is 0 Å². The zero-order chi connectivity index (χ0) is 12.6. The standard InChI is InChI=1S/C12H14F3NO/c1-7(16)10-6-11(10)8-2-4-9(5-3-8)17-12(13,14)15/h2-5,7,10-11H,6,16H2,1H3/t7-,10-,11+/m0/s1. The van der Waals surface area contributed by atoms with E-state index in [1.54, 1.807) is 12.1 Å². The molecule has 2 nitrogen and oxygen atoms in total. The van der Waals surface area contributed by atoms with E-state index < -0.39 is 6.36 Å². The van der Waals surface area contributed by atoms with Gasteiger partial charge in [-0.25, -0.2) is 0 Å². The maximum Gasteiger partial charge on any atom is 0.573 e. The molecule has 0 heterocycles. The zero-order valence-electron chi connectivity index (χ0n) is 9.37. The highest BCUT2D eigenvalue weighted by molar-refractivity contribution is 5.33. The molecule has 0 saturated heterocycles. The molecule has 94 valence electrons. The summed E-state index contributed by atoms with van der Waals surface area (Å²) in [6.45, 7) is 1.95. The Kier molecular flexibility index (Phi) is 3.03. The van der Waals surface area contributed by atoms with Crippen molar-refractivity contribution in [1.82, 2.24) is 0 Å². The Morgan fingerprint density at radius 3 is 2.29 bits per heavy atom. The molecule has 0 amide bonds. The third-order valence-electron chi connectivity index (χ3n) is 3.06. The molecule has 0 radical (unpaired) electrons. The minimum absolute atomic E-state index is 0.131. The molecule has 1 aliphatic carbocycles. The molecule has 1 aromatic rings. The SMILES string of the molecule is C[C@H](N)[C@@H]1C[C@@H]1c1ccc(OC(F)(F)F)cc1. The van der Waals surface area contributed by atoms with Crippen LogP contribution >= 0.6 is 0 Å². The molecule has 2 rings (SSSR count). The minimum atomic E-state index is -4.63. The second kappa shape index (κ2) is 4.22. The summed E-state index contributed by atoms with van der Waals surface area (Å²) in [5.74, 6) is 0.651. The first kappa shape index (κ1) is 12.2. The Morgan fingerprint density at radius 2 is 1.88 bits per heavy atom. The summed E-state index contributed by atoms with van der Waals surface area (Å²) in [6, 6.07) is 6.17. The molecule has 0 aliphatic heterocycles. The van der Waals surface area contributed by atoms with Crippen molar-refractivity contribution in [1.29, 1.82) is 0 Å². The molecule has 3 atom stereocenters. The Morgan fingerprint density at radius 1 is 1.29 bits per heavy atom. The van der Waals surface area contributed by atoms with Gasteiger partial charge in [0.25, 0.3) is 0 Å². The molecule has 5 heteroatoms. The van der Waals surface area contributed by atoms with Gasteiger partial charge in [-0.15, -0.1) is 13.2 Å². The van der Waals surface area contributed by atoms with Gasteiger partial charge in [-0.3, -0.25) is 0 Å². The van der Waals surface area contributed by atoms with E-state index in [2.05, 4.69) is 4.74 Å². The van der Waals surface area contributed by atoms with Crippen molar-refractivity contribution >= 4 is 0 Å². The van der Waals surface area contributed by atoms with Gasteiger partial charge >= 0.3 is 6.36 Å². The van der Waals surface area contributed by atoms with Crippen LogP contribution in [-0.4, -0.2) is 12.4 Å². The van der Waals surface area contributed by atoms with Gasteiger partial charge in [-0.2, -0.15) is 0 Å². The number of ether oxygens (including phenoxy) is 1. The van der Waals surface area contributed by atoms with Gasteiger partial charge in [-0.05, 0) is 42.9 Å². The van der Waals surface area contributed by atoms with Gasteiger partial charge in [0.1, 0.15) is 5.75 Å². The number of hydrogen-bond acceptors (Lipinski definition) is 2. The molecule has 1 aromatic carbocycles. The molecule has 2 N–H and O–H groups in total. The average molecular weight is 245 g/mol. The third-order valence-corrected chi connectivity index (χ3v) is 3.06. The van der Waals surface area contributed by atoms with Gasteiger partial charge < -0.3 is 10.5 Å². The van der Waals surface area contributed by atoms with Crippen molar-refractivity contribution in [3.63, 3.8) is 0 Å². The molecular formula is C12H14F3NO. The Hall–Kier alpha value is -1.23. The highest BCUT2D eigenvalue weighted by atomic mass is 19.4. The van der Waals surface area contributed by atoms with Crippen LogP contribution < -0.4 is 10.5 Å². The highest BCUT2D eigenvalue weighted by Crippen LogP contribution is 2.49. The van der Waals surface area contributed by atoms with E-state index >= 15 is 0 Å². The lowest BCUT2D eigenvalue weighted by molar-refractivity contribution is -0.274. The van der Waals surface area contributed by atoms with Crippen LogP contribution in [-0.2, 0) is 0 Å². The van der Waals surface area contributed by atoms with E-state index in [0.717, 1.165) is 12.0 Å². The fraction of sp³-hybridized carbons (Fsp3) is 0.500. The number of alkyl halides is 3. The fourth-order valence-electron chi connectivity index (χ4n) is 2.10. The van der Waals surface area contributed by atoms with Crippen molar-refractivity contribution in [2.45, 2.75) is 31.7 Å². The summed E-state index contributed by atoms with van der Waals surface area (Å²) in [5.41, 5.74) is 6.79. The second-order valence-electron chi connectivity index (χ2n) is 4.48. The van der Waals surface area contributed by atoms with E-state index in [9.17, 15) is 13.2 Å². The maximum absolute atomic E-state index is 11.9. The number of rotatable bonds is 3. The van der Waals surface area contributed by atoms with Gasteiger partial charge in [0.05, 0.1) is 0 Å². The smallest absolute Gasteiger partial charge is 0.406 e. The normalized spacial score (nSPS) is 25.5. The van der Waals surface area contributed by atoms with Crippen LogP contribution in [0, 0.1) is 5.92 Å². The van der Waals surface area contributed by atoms with Crippen LogP contribution in [0.25, 0.3) is 0 Å². The highest BCUT2D eigenvalue weighted by Gasteiger charge is 2.40. The molecule has 1 aliphatic rings. The van der Waals surface area contributed by atoms with E-state index in [1.807, 2.05) is 6.92 Å². The minimum Gasteiger partial charge on any atom is -0.406 e. The molecular weight excluding hydrogens is 231 g/mol. The van der Waals surface area contributed by atoms with Crippen LogP contribution in [0.4, 0.5) is 13.2 Å². The predicted octanol–water partition coefficient (Wildman–Crippen LogP) is 3.04. The first-order valence-corrected chi connectivity index (χ1v) is 5.48. The number of nitrogens with two attached hydrogens (primary N) is 1. The molecule has 0 aromatic heterocycles. The van der Waals surface area contributed by atoms with Crippen molar-refractivity contribution in [2.75, 3.05) is 0 Å². The van der Waals surface area contributed by atoms with Crippen LogP contribution in [0.5, 0.6) is 5.75 Å². The summed E-state index contributed by atoms with van der Waals surface area (Å²) in [7, 11) is 0. The maximum atomic E-state index is 11.9. The summed E-state index contributed by atoms with van der Waals surface area (Å²) in [6.07, 6.45) is -3.62. The predicted molar refractivity (Wildman–Crippen MR) is 57.6 cm³/mol. The topological polar surface area (TPSA) is 35.2 Å². The van der Waals surface area contributed by atoms with E-state index in [1.165, 1.54) is 12.1 Å². The quantitative estimate of drug-likeness (QED) is 0.888. The summed E-state index contributed by atoms with van der Waals surface area (Å²) in [4.78, 5) is 0. The number of hydrogen-bond donors (Lipinski definition) is 1. The Labute approximate surface area is 97.6 Å². The first-order chi connectivity index (χ1) is 7.87. The Bertz CT molecular complexity index is 386. The van der Waals surface area contributed by atoms with Gasteiger partial charge in [0, 0.05) is 6.04 Å². The molecule has 0 spiro atoms. The molecule has 1 fully saturated rings. The second-order valence-corrected chi connectivity index (χ2v) is 4.48. The molecule has 0 unspecified atom stereocenters. The average Bonchev–Trinajstić information content (AvgIpc) is 2.96. The van der Waals surface area contributed by atoms with E-state index in [-0.39, 0.29) is 11.8 Å². The first-order valence-electron chi connectivity index (χ1n) is 5.48. The number of halogens is 3. The lowest BCUT2D eigenvalue weighted by Gasteiger charge is -2.09. The summed E-state index contributed by atoms with van der Waals surface area (Å²) >= 11 is 0. The van der Waals surface area contributed by atoms with Crippen molar-refractivity contribution in [2.24, 2.45) is 11.7 Å². The van der Waals surface area contributed by atoms with Crippen LogP contribution in [0.15, 0.2) is 24.3 Å². The molecule has 0 bridgehead atoms. The van der Waals surface area contributed by atoms with E-state index in [0.29, 0.717) is 11.8 Å². The lowest BCUT2D eigenvalue weighted by atomic mass is 10.1. The summed E-state index contributed by atoms with van der Waals surface area (Å²) < 4.78 is 39.6. The lowest BCUT2D eigenvalue weighted by Crippen LogP contribution is -2.18. The van der Waals surface area contributed by atoms with Crippen LogP contribution in [0.2, 0.25) is 0 Å². The Balaban J connectivity index is 2.00. The van der Waals surface area contributed by atoms with Gasteiger partial charge in [0.15, 0.2) is 0 Å². The van der Waals surface area contributed by atoms with Gasteiger partial charge in [0.2, 0.25) is 0 Å². The molecule has 1 saturated carbocycles. The zero-order valence-corrected chi connectivity index (χ0v) is 9.37. The van der Waals surface area contributed by atoms with Gasteiger partial charge in [-0.1, -0.05) is 12.1 Å².